The van der Waals surface area contributed by atoms with Gasteiger partial charge in [0.05, 0.1) is 11.2 Å². The number of pyridine rings is 1. The smallest absolute Gasteiger partial charge is 0.312 e. The van der Waals surface area contributed by atoms with Gasteiger partial charge in [0.15, 0.2) is 0 Å². The van der Waals surface area contributed by atoms with E-state index in [4.69, 9.17) is 0 Å². The van der Waals surface area contributed by atoms with Crippen molar-refractivity contribution in [1.29, 1.82) is 0 Å². The van der Waals surface area contributed by atoms with Crippen LogP contribution >= 0.6 is 15.9 Å². The number of rotatable bonds is 4. The Morgan fingerprint density at radius 2 is 2.10 bits per heavy atom. The molecule has 21 heavy (non-hydrogen) atoms. The third-order valence-electron chi connectivity index (χ3n) is 3.29. The first-order chi connectivity index (χ1) is 9.77. The minimum Gasteiger partial charge on any atom is -0.362 e. The number of hydrogen-bond donors (Lipinski definition) is 1. The number of aromatic nitrogens is 1. The van der Waals surface area contributed by atoms with Crippen molar-refractivity contribution in [2.24, 2.45) is 0 Å². The molecule has 1 aliphatic rings. The number of nitrogens with zero attached hydrogens (tertiary/aromatic N) is 3. The standard InChI is InChI=1S/C11H15BrN4O4S/c1-21(19,20)15-4-2-9(3-5-15)14-11-10(16(17)18)6-8(12)7-13-11/h6-7,9H,2-5H2,1H3,(H,13,14). The van der Waals surface area contributed by atoms with Gasteiger partial charge >= 0.3 is 5.69 Å². The molecule has 2 rings (SSSR count). The molecule has 0 amide bonds. The molecule has 0 aromatic carbocycles. The van der Waals surface area contributed by atoms with Crippen LogP contribution in [0.5, 0.6) is 0 Å². The second-order valence-electron chi connectivity index (χ2n) is 4.86. The number of piperidine rings is 1. The van der Waals surface area contributed by atoms with Crippen molar-refractivity contribution in [3.8, 4) is 0 Å². The maximum atomic E-state index is 11.4. The van der Waals surface area contributed by atoms with Gasteiger partial charge in [-0.1, -0.05) is 0 Å². The quantitative estimate of drug-likeness (QED) is 0.629. The Balaban J connectivity index is 2.06. The molecule has 0 unspecified atom stereocenters. The highest BCUT2D eigenvalue weighted by Gasteiger charge is 2.26. The molecule has 1 aromatic heterocycles. The van der Waals surface area contributed by atoms with E-state index in [9.17, 15) is 18.5 Å². The van der Waals surface area contributed by atoms with Crippen LogP contribution in [0.2, 0.25) is 0 Å². The van der Waals surface area contributed by atoms with Crippen LogP contribution in [-0.4, -0.2) is 48.0 Å². The first-order valence-electron chi connectivity index (χ1n) is 6.29. The fraction of sp³-hybridized carbons (Fsp3) is 0.545. The molecule has 0 bridgehead atoms. The van der Waals surface area contributed by atoms with Crippen LogP contribution in [0.15, 0.2) is 16.7 Å². The van der Waals surface area contributed by atoms with E-state index in [1.54, 1.807) is 0 Å². The summed E-state index contributed by atoms with van der Waals surface area (Å²) in [4.78, 5) is 14.6. The van der Waals surface area contributed by atoms with E-state index in [-0.39, 0.29) is 17.5 Å². The summed E-state index contributed by atoms with van der Waals surface area (Å²) in [7, 11) is -3.17. The molecule has 1 fully saturated rings. The number of nitrogens with one attached hydrogen (secondary N) is 1. The van der Waals surface area contributed by atoms with E-state index in [1.165, 1.54) is 22.8 Å². The zero-order valence-corrected chi connectivity index (χ0v) is 13.7. The number of halogens is 1. The lowest BCUT2D eigenvalue weighted by Gasteiger charge is -2.30. The number of anilines is 1. The zero-order chi connectivity index (χ0) is 15.6. The largest absolute Gasteiger partial charge is 0.362 e. The van der Waals surface area contributed by atoms with E-state index in [0.717, 1.165) is 0 Å². The highest BCUT2D eigenvalue weighted by molar-refractivity contribution is 9.10. The molecule has 1 aromatic rings. The van der Waals surface area contributed by atoms with Gasteiger partial charge in [-0.15, -0.1) is 0 Å². The van der Waals surface area contributed by atoms with Crippen molar-refractivity contribution in [3.63, 3.8) is 0 Å². The first kappa shape index (κ1) is 16.1. The summed E-state index contributed by atoms with van der Waals surface area (Å²) in [6.07, 6.45) is 3.84. The summed E-state index contributed by atoms with van der Waals surface area (Å²) < 4.78 is 24.8. The molecule has 10 heteroatoms. The normalized spacial score (nSPS) is 17.6. The zero-order valence-electron chi connectivity index (χ0n) is 11.3. The molecule has 0 radical (unpaired) electrons. The van der Waals surface area contributed by atoms with E-state index in [2.05, 4.69) is 26.2 Å². The fourth-order valence-electron chi connectivity index (χ4n) is 2.20. The monoisotopic (exact) mass is 378 g/mol. The summed E-state index contributed by atoms with van der Waals surface area (Å²) in [5.74, 6) is 0.209. The van der Waals surface area contributed by atoms with Gasteiger partial charge in [0.1, 0.15) is 0 Å². The van der Waals surface area contributed by atoms with Crippen molar-refractivity contribution >= 4 is 37.5 Å². The van der Waals surface area contributed by atoms with Gasteiger partial charge in [0.25, 0.3) is 0 Å². The highest BCUT2D eigenvalue weighted by Crippen LogP contribution is 2.27. The third-order valence-corrected chi connectivity index (χ3v) is 5.03. The molecule has 1 N–H and O–H groups in total. The first-order valence-corrected chi connectivity index (χ1v) is 8.93. The molecule has 0 aliphatic carbocycles. The Morgan fingerprint density at radius 1 is 1.48 bits per heavy atom. The molecular formula is C11H15BrN4O4S. The predicted octanol–water partition coefficient (Wildman–Crippen LogP) is 1.59. The van der Waals surface area contributed by atoms with Crippen molar-refractivity contribution in [2.45, 2.75) is 18.9 Å². The SMILES string of the molecule is CS(=O)(=O)N1CCC(Nc2ncc(Br)cc2[N+](=O)[O-])CC1. The van der Waals surface area contributed by atoms with Crippen LogP contribution in [0.3, 0.4) is 0 Å². The molecule has 116 valence electrons. The number of hydrogen-bond acceptors (Lipinski definition) is 6. The summed E-state index contributed by atoms with van der Waals surface area (Å²) in [6.45, 7) is 0.807. The minimum absolute atomic E-state index is 0.0321. The Labute approximate surface area is 130 Å². The molecule has 2 heterocycles. The van der Waals surface area contributed by atoms with Crippen LogP contribution in [0.25, 0.3) is 0 Å². The lowest BCUT2D eigenvalue weighted by molar-refractivity contribution is -0.384. The van der Waals surface area contributed by atoms with Crippen LogP contribution in [0.4, 0.5) is 11.5 Å². The minimum atomic E-state index is -3.17. The van der Waals surface area contributed by atoms with E-state index < -0.39 is 14.9 Å². The van der Waals surface area contributed by atoms with Crippen LogP contribution in [-0.2, 0) is 10.0 Å². The Hall–Kier alpha value is -1.26. The molecule has 1 saturated heterocycles. The van der Waals surface area contributed by atoms with Crippen LogP contribution in [0.1, 0.15) is 12.8 Å². The van der Waals surface area contributed by atoms with Gasteiger partial charge in [0, 0.05) is 35.9 Å². The second-order valence-corrected chi connectivity index (χ2v) is 7.76. The molecule has 0 spiro atoms. The predicted molar refractivity (Wildman–Crippen MR) is 81.7 cm³/mol. The summed E-state index contributed by atoms with van der Waals surface area (Å²) in [5, 5.41) is 14.1. The Kier molecular flexibility index (Phi) is 4.79. The number of nitro groups is 1. The fourth-order valence-corrected chi connectivity index (χ4v) is 3.40. The average molecular weight is 379 g/mol. The van der Waals surface area contributed by atoms with Crippen LogP contribution in [0, 0.1) is 10.1 Å². The van der Waals surface area contributed by atoms with Gasteiger partial charge in [0.2, 0.25) is 15.8 Å². The van der Waals surface area contributed by atoms with Crippen molar-refractivity contribution in [2.75, 3.05) is 24.7 Å². The highest BCUT2D eigenvalue weighted by atomic mass is 79.9. The van der Waals surface area contributed by atoms with Gasteiger partial charge in [-0.05, 0) is 28.8 Å². The second kappa shape index (κ2) is 6.24. The topological polar surface area (TPSA) is 105 Å². The van der Waals surface area contributed by atoms with Gasteiger partial charge in [-0.3, -0.25) is 10.1 Å². The molecule has 0 saturated carbocycles. The van der Waals surface area contributed by atoms with Crippen LogP contribution < -0.4 is 5.32 Å². The molecule has 1 aliphatic heterocycles. The number of sulfonamides is 1. The van der Waals surface area contributed by atoms with Gasteiger partial charge in [-0.2, -0.15) is 0 Å². The Morgan fingerprint density at radius 3 is 2.62 bits per heavy atom. The van der Waals surface area contributed by atoms with Crippen molar-refractivity contribution in [1.82, 2.24) is 9.29 Å². The summed E-state index contributed by atoms with van der Waals surface area (Å²) >= 11 is 3.15. The average Bonchev–Trinajstić information content (AvgIpc) is 2.40. The molecule has 0 atom stereocenters. The van der Waals surface area contributed by atoms with E-state index in [1.807, 2.05) is 0 Å². The maximum absolute atomic E-state index is 11.4. The van der Waals surface area contributed by atoms with Gasteiger partial charge in [-0.25, -0.2) is 17.7 Å². The van der Waals surface area contributed by atoms with E-state index >= 15 is 0 Å². The van der Waals surface area contributed by atoms with E-state index in [0.29, 0.717) is 30.4 Å². The third kappa shape index (κ3) is 4.11. The lowest BCUT2D eigenvalue weighted by atomic mass is 10.1. The van der Waals surface area contributed by atoms with Gasteiger partial charge < -0.3 is 5.32 Å². The summed E-state index contributed by atoms with van der Waals surface area (Å²) in [6, 6.07) is 1.36. The Bertz CT molecular complexity index is 644. The molecular weight excluding hydrogens is 364 g/mol. The summed E-state index contributed by atoms with van der Waals surface area (Å²) in [5.41, 5.74) is -0.102. The van der Waals surface area contributed by atoms with Crippen molar-refractivity contribution in [3.05, 3.63) is 26.9 Å². The molecule has 8 nitrogen and oxygen atoms in total. The lowest BCUT2D eigenvalue weighted by Crippen LogP contribution is -2.42. The maximum Gasteiger partial charge on any atom is 0.312 e. The van der Waals surface area contributed by atoms with Crippen molar-refractivity contribution < 1.29 is 13.3 Å².